The van der Waals surface area contributed by atoms with Gasteiger partial charge in [0.1, 0.15) is 0 Å². The van der Waals surface area contributed by atoms with Crippen molar-refractivity contribution in [3.8, 4) is 0 Å². The lowest BCUT2D eigenvalue weighted by Crippen LogP contribution is -2.69. The molecule has 4 heterocycles. The van der Waals surface area contributed by atoms with Gasteiger partial charge in [-0.05, 0) is 6.92 Å². The highest BCUT2D eigenvalue weighted by Gasteiger charge is 2.41. The lowest BCUT2D eigenvalue weighted by Gasteiger charge is -2.50. The average molecular weight is 312 g/mol. The Labute approximate surface area is 133 Å². The molecule has 4 aliphatic rings. The summed E-state index contributed by atoms with van der Waals surface area (Å²) in [4.78, 5) is 30.7. The molecule has 2 bridgehead atoms. The Morgan fingerprint density at radius 3 is 2.05 bits per heavy atom. The number of quaternary nitrogens is 1. The fourth-order valence-electron chi connectivity index (χ4n) is 3.78. The molecular formula is C15H30N5O2+. The van der Waals surface area contributed by atoms with Crippen LogP contribution in [0.1, 0.15) is 8.35 Å². The van der Waals surface area contributed by atoms with E-state index in [1.54, 1.807) is 4.90 Å². The van der Waals surface area contributed by atoms with Gasteiger partial charge in [-0.1, -0.05) is 0 Å². The summed E-state index contributed by atoms with van der Waals surface area (Å²) < 4.78 is 0.978. The molecule has 0 aromatic carbocycles. The van der Waals surface area contributed by atoms with Gasteiger partial charge in [0.25, 0.3) is 5.91 Å². The van der Waals surface area contributed by atoms with E-state index in [-0.39, 0.29) is 13.4 Å². The number of nitrogens with zero attached hydrogens (tertiary/aromatic N) is 4. The molecule has 0 aromatic rings. The van der Waals surface area contributed by atoms with Gasteiger partial charge in [0.15, 0.2) is 6.54 Å². The number of hydrogen-bond donors (Lipinski definition) is 1. The van der Waals surface area contributed by atoms with Gasteiger partial charge >= 0.3 is 6.03 Å². The zero-order valence-electron chi connectivity index (χ0n) is 13.6. The van der Waals surface area contributed by atoms with Crippen LogP contribution in [0.4, 0.5) is 4.79 Å². The lowest BCUT2D eigenvalue weighted by molar-refractivity contribution is -0.934. The molecule has 7 nitrogen and oxygen atoms in total. The van der Waals surface area contributed by atoms with Gasteiger partial charge in [-0.15, -0.1) is 0 Å². The van der Waals surface area contributed by atoms with E-state index in [1.807, 2.05) is 11.8 Å². The number of hydrogen-bond acceptors (Lipinski definition) is 3. The molecule has 0 unspecified atom stereocenters. The van der Waals surface area contributed by atoms with Crippen LogP contribution >= 0.6 is 0 Å². The maximum Gasteiger partial charge on any atom is 0.317 e. The maximum absolute atomic E-state index is 12.6. The Hall–Kier alpha value is -1.34. The Kier molecular flexibility index (Phi) is 4.54. The van der Waals surface area contributed by atoms with Gasteiger partial charge in [-0.2, -0.15) is 0 Å². The second-order valence-corrected chi connectivity index (χ2v) is 6.72. The molecule has 0 spiro atoms. The Morgan fingerprint density at radius 2 is 1.50 bits per heavy atom. The molecule has 0 aromatic heterocycles. The predicted octanol–water partition coefficient (Wildman–Crippen LogP) is -0.748. The smallest absolute Gasteiger partial charge is 0.317 e. The molecule has 22 heavy (non-hydrogen) atoms. The van der Waals surface area contributed by atoms with Crippen molar-refractivity contribution in [2.75, 3.05) is 78.5 Å². The number of rotatable bonds is 3. The minimum Gasteiger partial charge on any atom is -0.338 e. The molecule has 0 saturated carbocycles. The van der Waals surface area contributed by atoms with Crippen LogP contribution in [0.2, 0.25) is 0 Å². The summed E-state index contributed by atoms with van der Waals surface area (Å²) in [5.74, 6) is 0.269. The zero-order valence-corrected chi connectivity index (χ0v) is 13.6. The SMILES string of the molecule is CCNC(=O)N1CCN(C(=O)C[N+]23CCN(CC2)CC3)CC1.[HH]. The first-order valence-corrected chi connectivity index (χ1v) is 8.50. The molecule has 4 aliphatic heterocycles. The van der Waals surface area contributed by atoms with Crippen LogP contribution in [0.3, 0.4) is 0 Å². The van der Waals surface area contributed by atoms with Crippen LogP contribution in [0.5, 0.6) is 0 Å². The monoisotopic (exact) mass is 312 g/mol. The molecule has 4 fully saturated rings. The number of piperazine rings is 4. The topological polar surface area (TPSA) is 55.9 Å². The number of carbonyl (C=O) groups is 2. The van der Waals surface area contributed by atoms with Gasteiger partial charge in [-0.25, -0.2) is 4.79 Å². The normalized spacial score (nSPS) is 31.2. The fraction of sp³-hybridized carbons (Fsp3) is 0.867. The highest BCUT2D eigenvalue weighted by Crippen LogP contribution is 2.19. The Morgan fingerprint density at radius 1 is 0.955 bits per heavy atom. The van der Waals surface area contributed by atoms with Gasteiger partial charge in [-0.3, -0.25) is 9.69 Å². The van der Waals surface area contributed by atoms with Gasteiger partial charge in [0.2, 0.25) is 0 Å². The second kappa shape index (κ2) is 6.42. The average Bonchev–Trinajstić information content (AvgIpc) is 2.56. The molecule has 4 saturated heterocycles. The van der Waals surface area contributed by atoms with E-state index < -0.39 is 0 Å². The molecule has 0 aliphatic carbocycles. The van der Waals surface area contributed by atoms with E-state index in [2.05, 4.69) is 10.2 Å². The molecule has 7 heteroatoms. The third-order valence-corrected chi connectivity index (χ3v) is 5.39. The number of amides is 3. The van der Waals surface area contributed by atoms with E-state index >= 15 is 0 Å². The molecule has 4 rings (SSSR count). The third kappa shape index (κ3) is 3.20. The Balaban J connectivity index is 0.00000192. The van der Waals surface area contributed by atoms with Gasteiger partial charge in [0.05, 0.1) is 19.6 Å². The first kappa shape index (κ1) is 15.6. The van der Waals surface area contributed by atoms with Crippen molar-refractivity contribution in [2.24, 2.45) is 0 Å². The fourth-order valence-corrected chi connectivity index (χ4v) is 3.78. The minimum absolute atomic E-state index is 0. The van der Waals surface area contributed by atoms with Crippen molar-refractivity contribution < 1.29 is 15.5 Å². The summed E-state index contributed by atoms with van der Waals surface area (Å²) in [5, 5.41) is 2.82. The molecule has 0 atom stereocenters. The molecule has 126 valence electrons. The summed E-state index contributed by atoms with van der Waals surface area (Å²) in [6.07, 6.45) is 0. The van der Waals surface area contributed by atoms with Crippen LogP contribution < -0.4 is 5.32 Å². The Bertz CT molecular complexity index is 418. The van der Waals surface area contributed by atoms with Crippen molar-refractivity contribution >= 4 is 11.9 Å². The van der Waals surface area contributed by atoms with Crippen LogP contribution in [0.25, 0.3) is 0 Å². The summed E-state index contributed by atoms with van der Waals surface area (Å²) >= 11 is 0. The number of carbonyl (C=O) groups excluding carboxylic acids is 2. The van der Waals surface area contributed by atoms with E-state index in [0.717, 1.165) is 43.8 Å². The first-order chi connectivity index (χ1) is 10.6. The van der Waals surface area contributed by atoms with Crippen LogP contribution in [-0.4, -0.2) is 110 Å². The summed E-state index contributed by atoms with van der Waals surface area (Å²) in [6.45, 7) is 12.6. The summed E-state index contributed by atoms with van der Waals surface area (Å²) in [7, 11) is 0. The van der Waals surface area contributed by atoms with E-state index in [1.165, 1.54) is 0 Å². The third-order valence-electron chi connectivity index (χ3n) is 5.39. The molecular weight excluding hydrogens is 282 g/mol. The van der Waals surface area contributed by atoms with Crippen molar-refractivity contribution in [3.05, 3.63) is 0 Å². The lowest BCUT2D eigenvalue weighted by atomic mass is 10.1. The minimum atomic E-state index is -0.0105. The van der Waals surface area contributed by atoms with Crippen LogP contribution in [0, 0.1) is 0 Å². The summed E-state index contributed by atoms with van der Waals surface area (Å²) in [6, 6.07) is -0.0105. The summed E-state index contributed by atoms with van der Waals surface area (Å²) in [5.41, 5.74) is 0. The molecule has 3 amide bonds. The highest BCUT2D eigenvalue weighted by molar-refractivity contribution is 5.78. The zero-order chi connectivity index (χ0) is 15.6. The van der Waals surface area contributed by atoms with E-state index in [9.17, 15) is 9.59 Å². The molecule has 1 N–H and O–H groups in total. The van der Waals surface area contributed by atoms with Crippen LogP contribution in [-0.2, 0) is 4.79 Å². The highest BCUT2D eigenvalue weighted by atomic mass is 16.2. The van der Waals surface area contributed by atoms with E-state index in [0.29, 0.717) is 39.3 Å². The predicted molar refractivity (Wildman–Crippen MR) is 85.5 cm³/mol. The first-order valence-electron chi connectivity index (χ1n) is 8.50. The largest absolute Gasteiger partial charge is 0.338 e. The number of nitrogens with one attached hydrogen (secondary N) is 1. The second-order valence-electron chi connectivity index (χ2n) is 6.72. The van der Waals surface area contributed by atoms with Crippen molar-refractivity contribution in [2.45, 2.75) is 6.92 Å². The standard InChI is InChI=1S/C15H27N5O2.H2/c1-2-16-15(22)19-5-3-18(4-6-19)14(21)13-20-10-7-17(8-11-20)9-12-20;/h2-13H2,1H3;1H/p+1. The number of urea groups is 1. The maximum atomic E-state index is 12.6. The van der Waals surface area contributed by atoms with E-state index in [4.69, 9.17) is 0 Å². The van der Waals surface area contributed by atoms with Crippen molar-refractivity contribution in [1.82, 2.24) is 20.0 Å². The van der Waals surface area contributed by atoms with Gasteiger partial charge < -0.3 is 19.6 Å². The van der Waals surface area contributed by atoms with Crippen LogP contribution in [0.15, 0.2) is 0 Å². The quantitative estimate of drug-likeness (QED) is 0.698. The number of fused-ring (bicyclic) bond motifs is 3. The molecule has 0 radical (unpaired) electrons. The van der Waals surface area contributed by atoms with Gasteiger partial charge in [0, 0.05) is 53.8 Å². The van der Waals surface area contributed by atoms with Crippen molar-refractivity contribution in [3.63, 3.8) is 0 Å². The van der Waals surface area contributed by atoms with Crippen molar-refractivity contribution in [1.29, 1.82) is 0 Å².